The van der Waals surface area contributed by atoms with E-state index in [4.69, 9.17) is 4.74 Å². The Hall–Kier alpha value is -1.60. The molecule has 1 aromatic heterocycles. The number of ether oxygens (including phenoxy) is 1. The van der Waals surface area contributed by atoms with E-state index in [0.29, 0.717) is 18.3 Å². The standard InChI is InChI=1S/C15H17N3O2S2/c1-20-13-6-2-11(3-7-13)8-18(12-4-5-12)14(19)9-21-15-17-16-10-22-15/h2-3,6-7,10,12H,4-5,8-9H2,1H3. The minimum atomic E-state index is 0.165. The monoisotopic (exact) mass is 335 g/mol. The molecular weight excluding hydrogens is 318 g/mol. The smallest absolute Gasteiger partial charge is 0.233 e. The van der Waals surface area contributed by atoms with Gasteiger partial charge in [0.15, 0.2) is 4.34 Å². The van der Waals surface area contributed by atoms with E-state index in [2.05, 4.69) is 10.2 Å². The van der Waals surface area contributed by atoms with Crippen LogP contribution in [0.3, 0.4) is 0 Å². The fraction of sp³-hybridized carbons (Fsp3) is 0.400. The van der Waals surface area contributed by atoms with Crippen molar-refractivity contribution >= 4 is 29.0 Å². The second-order valence-corrected chi connectivity index (χ2v) is 7.15. The molecule has 2 aromatic rings. The highest BCUT2D eigenvalue weighted by molar-refractivity contribution is 8.01. The van der Waals surface area contributed by atoms with Crippen LogP contribution in [-0.2, 0) is 11.3 Å². The Morgan fingerprint density at radius 3 is 2.77 bits per heavy atom. The lowest BCUT2D eigenvalue weighted by molar-refractivity contribution is -0.129. The van der Waals surface area contributed by atoms with E-state index >= 15 is 0 Å². The average Bonchev–Trinajstić information content (AvgIpc) is 3.26. The molecule has 0 N–H and O–H groups in total. The summed E-state index contributed by atoms with van der Waals surface area (Å²) in [6, 6.07) is 8.28. The number of carbonyl (C=O) groups excluding carboxylic acids is 1. The topological polar surface area (TPSA) is 55.3 Å². The van der Waals surface area contributed by atoms with Crippen molar-refractivity contribution in [1.29, 1.82) is 0 Å². The number of rotatable bonds is 7. The van der Waals surface area contributed by atoms with Crippen LogP contribution < -0.4 is 4.74 Å². The molecule has 0 radical (unpaired) electrons. The molecule has 1 aliphatic carbocycles. The van der Waals surface area contributed by atoms with Gasteiger partial charge in [-0.2, -0.15) is 0 Å². The summed E-state index contributed by atoms with van der Waals surface area (Å²) in [5, 5.41) is 7.75. The van der Waals surface area contributed by atoms with Crippen molar-refractivity contribution in [3.05, 3.63) is 35.3 Å². The van der Waals surface area contributed by atoms with Crippen molar-refractivity contribution < 1.29 is 9.53 Å². The van der Waals surface area contributed by atoms with Gasteiger partial charge in [-0.3, -0.25) is 4.79 Å². The molecule has 0 atom stereocenters. The number of methoxy groups -OCH3 is 1. The van der Waals surface area contributed by atoms with Crippen LogP contribution in [0, 0.1) is 0 Å². The number of hydrogen-bond acceptors (Lipinski definition) is 6. The molecule has 0 bridgehead atoms. The first-order valence-electron chi connectivity index (χ1n) is 7.07. The molecule has 1 aromatic carbocycles. The van der Waals surface area contributed by atoms with Gasteiger partial charge in [0.1, 0.15) is 11.3 Å². The van der Waals surface area contributed by atoms with E-state index in [1.165, 1.54) is 23.1 Å². The summed E-state index contributed by atoms with van der Waals surface area (Å²) in [7, 11) is 1.65. The molecule has 3 rings (SSSR count). The van der Waals surface area contributed by atoms with Crippen molar-refractivity contribution in [2.45, 2.75) is 29.8 Å². The molecule has 0 aliphatic heterocycles. The molecule has 0 saturated heterocycles. The average molecular weight is 335 g/mol. The van der Waals surface area contributed by atoms with Crippen molar-refractivity contribution in [2.24, 2.45) is 0 Å². The molecule has 1 heterocycles. The van der Waals surface area contributed by atoms with Crippen LogP contribution in [0.1, 0.15) is 18.4 Å². The van der Waals surface area contributed by atoms with E-state index in [0.717, 1.165) is 28.5 Å². The number of aromatic nitrogens is 2. The predicted octanol–water partition coefficient (Wildman–Crippen LogP) is 2.83. The van der Waals surface area contributed by atoms with Crippen molar-refractivity contribution in [2.75, 3.05) is 12.9 Å². The van der Waals surface area contributed by atoms with Crippen LogP contribution in [0.4, 0.5) is 0 Å². The lowest BCUT2D eigenvalue weighted by Crippen LogP contribution is -2.33. The molecule has 5 nitrogen and oxygen atoms in total. The predicted molar refractivity (Wildman–Crippen MR) is 87.2 cm³/mol. The Morgan fingerprint density at radius 1 is 1.41 bits per heavy atom. The fourth-order valence-electron chi connectivity index (χ4n) is 2.17. The summed E-state index contributed by atoms with van der Waals surface area (Å²) in [5.74, 6) is 1.42. The van der Waals surface area contributed by atoms with Gasteiger partial charge in [0, 0.05) is 12.6 Å². The zero-order chi connectivity index (χ0) is 15.4. The number of carbonyl (C=O) groups is 1. The summed E-state index contributed by atoms with van der Waals surface area (Å²) in [4.78, 5) is 14.5. The highest BCUT2D eigenvalue weighted by Crippen LogP contribution is 2.30. The van der Waals surface area contributed by atoms with Gasteiger partial charge >= 0.3 is 0 Å². The van der Waals surface area contributed by atoms with E-state index < -0.39 is 0 Å². The molecule has 0 unspecified atom stereocenters. The Labute approximate surface area is 137 Å². The SMILES string of the molecule is COc1ccc(CN(C(=O)CSc2nncs2)C2CC2)cc1. The van der Waals surface area contributed by atoms with Gasteiger partial charge in [-0.15, -0.1) is 10.2 Å². The highest BCUT2D eigenvalue weighted by atomic mass is 32.2. The first-order valence-corrected chi connectivity index (χ1v) is 8.94. The Morgan fingerprint density at radius 2 is 2.18 bits per heavy atom. The minimum absolute atomic E-state index is 0.165. The molecular formula is C15H17N3O2S2. The third-order valence-electron chi connectivity index (χ3n) is 3.48. The maximum absolute atomic E-state index is 12.5. The number of hydrogen-bond donors (Lipinski definition) is 0. The molecule has 1 aliphatic rings. The van der Waals surface area contributed by atoms with Gasteiger partial charge in [0.25, 0.3) is 0 Å². The van der Waals surface area contributed by atoms with Crippen molar-refractivity contribution in [1.82, 2.24) is 15.1 Å². The quantitative estimate of drug-likeness (QED) is 0.728. The lowest BCUT2D eigenvalue weighted by atomic mass is 10.2. The van der Waals surface area contributed by atoms with Crippen LogP contribution in [0.2, 0.25) is 0 Å². The fourth-order valence-corrected chi connectivity index (χ4v) is 3.54. The van der Waals surface area contributed by atoms with Crippen molar-refractivity contribution in [3.8, 4) is 5.75 Å². The maximum Gasteiger partial charge on any atom is 0.233 e. The van der Waals surface area contributed by atoms with Crippen LogP contribution in [0.25, 0.3) is 0 Å². The van der Waals surface area contributed by atoms with Gasteiger partial charge in [-0.25, -0.2) is 0 Å². The Balaban J connectivity index is 1.60. The lowest BCUT2D eigenvalue weighted by Gasteiger charge is -2.22. The maximum atomic E-state index is 12.5. The molecule has 7 heteroatoms. The van der Waals surface area contributed by atoms with E-state index in [9.17, 15) is 4.79 Å². The van der Waals surface area contributed by atoms with Crippen LogP contribution in [-0.4, -0.2) is 39.9 Å². The number of amides is 1. The van der Waals surface area contributed by atoms with Crippen molar-refractivity contribution in [3.63, 3.8) is 0 Å². The minimum Gasteiger partial charge on any atom is -0.497 e. The van der Waals surface area contributed by atoms with Gasteiger partial charge in [0.2, 0.25) is 5.91 Å². The summed E-state index contributed by atoms with van der Waals surface area (Å²) < 4.78 is 6.01. The zero-order valence-electron chi connectivity index (χ0n) is 12.3. The first-order chi connectivity index (χ1) is 10.8. The number of thioether (sulfide) groups is 1. The summed E-state index contributed by atoms with van der Waals surface area (Å²) in [6.45, 7) is 0.657. The van der Waals surface area contributed by atoms with Gasteiger partial charge in [-0.1, -0.05) is 35.2 Å². The van der Waals surface area contributed by atoms with Crippen LogP contribution >= 0.6 is 23.1 Å². The van der Waals surface area contributed by atoms with E-state index in [1.807, 2.05) is 29.2 Å². The third-order valence-corrected chi connectivity index (χ3v) is 5.32. The normalized spacial score (nSPS) is 13.9. The summed E-state index contributed by atoms with van der Waals surface area (Å²) in [6.07, 6.45) is 2.21. The highest BCUT2D eigenvalue weighted by Gasteiger charge is 2.32. The molecule has 22 heavy (non-hydrogen) atoms. The van der Waals surface area contributed by atoms with Gasteiger partial charge < -0.3 is 9.64 Å². The second kappa shape index (κ2) is 7.11. The zero-order valence-corrected chi connectivity index (χ0v) is 13.9. The first kappa shape index (κ1) is 15.3. The second-order valence-electron chi connectivity index (χ2n) is 5.09. The molecule has 116 valence electrons. The van der Waals surface area contributed by atoms with Gasteiger partial charge in [-0.05, 0) is 30.5 Å². The summed E-state index contributed by atoms with van der Waals surface area (Å²) >= 11 is 2.92. The molecule has 1 amide bonds. The van der Waals surface area contributed by atoms with Gasteiger partial charge in [0.05, 0.1) is 12.9 Å². The Bertz CT molecular complexity index is 612. The number of nitrogens with zero attached hydrogens (tertiary/aromatic N) is 3. The summed E-state index contributed by atoms with van der Waals surface area (Å²) in [5.41, 5.74) is 2.81. The molecule has 1 saturated carbocycles. The van der Waals surface area contributed by atoms with Crippen LogP contribution in [0.5, 0.6) is 5.75 Å². The largest absolute Gasteiger partial charge is 0.497 e. The van der Waals surface area contributed by atoms with E-state index in [1.54, 1.807) is 12.6 Å². The number of benzene rings is 1. The molecule has 0 spiro atoms. The molecule has 1 fully saturated rings. The third kappa shape index (κ3) is 3.98. The van der Waals surface area contributed by atoms with E-state index in [-0.39, 0.29) is 5.91 Å². The Kier molecular flexibility index (Phi) is 4.94. The van der Waals surface area contributed by atoms with Crippen LogP contribution in [0.15, 0.2) is 34.1 Å².